The predicted octanol–water partition coefficient (Wildman–Crippen LogP) is 3.29. The van der Waals surface area contributed by atoms with E-state index in [2.05, 4.69) is 11.5 Å². The fourth-order valence-corrected chi connectivity index (χ4v) is 5.72. The summed E-state index contributed by atoms with van der Waals surface area (Å²) in [5, 5.41) is 0. The summed E-state index contributed by atoms with van der Waals surface area (Å²) in [7, 11) is -3.28. The van der Waals surface area contributed by atoms with Crippen LogP contribution in [-0.2, 0) is 27.8 Å². The Kier molecular flexibility index (Phi) is 7.82. The number of nitrogens with zero attached hydrogens (tertiary/aromatic N) is 3. The van der Waals surface area contributed by atoms with Crippen molar-refractivity contribution in [3.63, 3.8) is 0 Å². The molecule has 0 unspecified atom stereocenters. The van der Waals surface area contributed by atoms with E-state index in [1.165, 1.54) is 22.7 Å². The lowest BCUT2D eigenvalue weighted by molar-refractivity contribution is -0.130. The Balaban J connectivity index is 1.56. The number of sulfonamides is 1. The van der Waals surface area contributed by atoms with Gasteiger partial charge in [-0.05, 0) is 66.8 Å². The summed E-state index contributed by atoms with van der Waals surface area (Å²) in [6, 6.07) is 11.0. The molecule has 2 aliphatic rings. The van der Waals surface area contributed by atoms with Crippen LogP contribution in [-0.4, -0.2) is 73.5 Å². The highest BCUT2D eigenvalue weighted by atomic mass is 32.2. The first-order valence-electron chi connectivity index (χ1n) is 12.2. The first-order valence-corrected chi connectivity index (χ1v) is 14.0. The second kappa shape index (κ2) is 10.7. The van der Waals surface area contributed by atoms with Crippen molar-refractivity contribution in [3.8, 4) is 5.75 Å². The number of benzene rings is 2. The van der Waals surface area contributed by atoms with Gasteiger partial charge in [0.15, 0.2) is 0 Å². The van der Waals surface area contributed by atoms with Crippen molar-refractivity contribution >= 4 is 15.9 Å². The van der Waals surface area contributed by atoms with Gasteiger partial charge in [-0.3, -0.25) is 9.69 Å². The van der Waals surface area contributed by atoms with Crippen molar-refractivity contribution in [3.05, 3.63) is 77.1 Å². The maximum absolute atomic E-state index is 14.5. The Morgan fingerprint density at radius 2 is 1.97 bits per heavy atom. The van der Waals surface area contributed by atoms with Crippen LogP contribution in [0.25, 0.3) is 0 Å². The third-order valence-electron chi connectivity index (χ3n) is 7.06. The van der Waals surface area contributed by atoms with Crippen LogP contribution < -0.4 is 4.74 Å². The summed E-state index contributed by atoms with van der Waals surface area (Å²) < 4.78 is 46.5. The molecule has 0 spiro atoms. The van der Waals surface area contributed by atoms with Crippen molar-refractivity contribution in [2.45, 2.75) is 39.0 Å². The second-order valence-electron chi connectivity index (χ2n) is 9.74. The van der Waals surface area contributed by atoms with Crippen LogP contribution in [0.2, 0.25) is 0 Å². The number of ether oxygens (including phenoxy) is 1. The van der Waals surface area contributed by atoms with Crippen LogP contribution in [0.3, 0.4) is 0 Å². The smallest absolute Gasteiger partial charge is 0.246 e. The molecule has 1 amide bonds. The molecule has 2 aliphatic heterocycles. The van der Waals surface area contributed by atoms with E-state index >= 15 is 0 Å². The number of piperazine rings is 1. The zero-order chi connectivity index (χ0) is 26.0. The lowest BCUT2D eigenvalue weighted by Gasteiger charge is -2.40. The number of aryl methyl sites for hydroxylation is 1. The van der Waals surface area contributed by atoms with E-state index < -0.39 is 16.1 Å². The molecule has 2 atom stereocenters. The number of rotatable bonds is 7. The minimum absolute atomic E-state index is 0.0189. The van der Waals surface area contributed by atoms with E-state index in [4.69, 9.17) is 4.74 Å². The van der Waals surface area contributed by atoms with Crippen LogP contribution in [0, 0.1) is 12.7 Å². The maximum Gasteiger partial charge on any atom is 0.246 e. The molecule has 0 bridgehead atoms. The Morgan fingerprint density at radius 1 is 1.19 bits per heavy atom. The molecule has 4 rings (SSSR count). The number of hydrogen-bond donors (Lipinski definition) is 0. The molecular formula is C27H34FN3O4S. The van der Waals surface area contributed by atoms with Crippen molar-refractivity contribution < 1.29 is 22.3 Å². The number of fused-ring (bicyclic) bond motifs is 1. The molecule has 194 valence electrons. The summed E-state index contributed by atoms with van der Waals surface area (Å²) in [5.74, 6) is 0.251. The van der Waals surface area contributed by atoms with E-state index in [0.29, 0.717) is 57.0 Å². The third-order valence-corrected chi connectivity index (χ3v) is 8.31. The SMILES string of the molecule is C=CC(=O)N1CCN(C[C@H](Oc2ccc3c(c2)CN(S(C)(=O)=O)CC3)c2ccc(C)c(F)c2)C[C@H]1C. The van der Waals surface area contributed by atoms with Gasteiger partial charge in [0.1, 0.15) is 17.7 Å². The van der Waals surface area contributed by atoms with Crippen LogP contribution in [0.15, 0.2) is 49.1 Å². The van der Waals surface area contributed by atoms with Gasteiger partial charge in [0.2, 0.25) is 15.9 Å². The fraction of sp³-hybridized carbons (Fsp3) is 0.444. The Hall–Kier alpha value is -2.75. The first kappa shape index (κ1) is 26.3. The molecule has 2 aromatic carbocycles. The van der Waals surface area contributed by atoms with Gasteiger partial charge in [-0.2, -0.15) is 4.31 Å². The maximum atomic E-state index is 14.5. The molecule has 1 saturated heterocycles. The molecule has 2 aromatic rings. The highest BCUT2D eigenvalue weighted by Gasteiger charge is 2.29. The normalized spacial score (nSPS) is 20.0. The molecule has 36 heavy (non-hydrogen) atoms. The minimum atomic E-state index is -3.28. The van der Waals surface area contributed by atoms with Gasteiger partial charge < -0.3 is 9.64 Å². The van der Waals surface area contributed by atoms with Gasteiger partial charge in [0, 0.05) is 45.3 Å². The average Bonchev–Trinajstić information content (AvgIpc) is 2.84. The number of carbonyl (C=O) groups excluding carboxylic acids is 1. The Morgan fingerprint density at radius 3 is 2.64 bits per heavy atom. The Labute approximate surface area is 213 Å². The van der Waals surface area contributed by atoms with Gasteiger partial charge in [-0.25, -0.2) is 12.8 Å². The van der Waals surface area contributed by atoms with E-state index in [-0.39, 0.29) is 17.8 Å². The number of amides is 1. The largest absolute Gasteiger partial charge is 0.484 e. The summed E-state index contributed by atoms with van der Waals surface area (Å²) in [5.41, 5.74) is 3.32. The fourth-order valence-electron chi connectivity index (χ4n) is 4.93. The minimum Gasteiger partial charge on any atom is -0.484 e. The number of hydrogen-bond acceptors (Lipinski definition) is 5. The first-order chi connectivity index (χ1) is 17.0. The van der Waals surface area contributed by atoms with E-state index in [9.17, 15) is 17.6 Å². The monoisotopic (exact) mass is 515 g/mol. The summed E-state index contributed by atoms with van der Waals surface area (Å²) >= 11 is 0. The molecule has 0 aromatic heterocycles. The molecule has 7 nitrogen and oxygen atoms in total. The summed E-state index contributed by atoms with van der Waals surface area (Å²) in [4.78, 5) is 16.2. The van der Waals surface area contributed by atoms with E-state index in [1.807, 2.05) is 36.1 Å². The highest BCUT2D eigenvalue weighted by molar-refractivity contribution is 7.88. The van der Waals surface area contributed by atoms with Gasteiger partial charge >= 0.3 is 0 Å². The van der Waals surface area contributed by atoms with Gasteiger partial charge in [0.05, 0.1) is 6.26 Å². The summed E-state index contributed by atoms with van der Waals surface area (Å²) in [6.07, 6.45) is 2.78. The number of halogens is 1. The lowest BCUT2D eigenvalue weighted by Crippen LogP contribution is -2.54. The predicted molar refractivity (Wildman–Crippen MR) is 138 cm³/mol. The highest BCUT2D eigenvalue weighted by Crippen LogP contribution is 2.30. The van der Waals surface area contributed by atoms with Crippen LogP contribution in [0.5, 0.6) is 5.75 Å². The van der Waals surface area contributed by atoms with Crippen LogP contribution in [0.4, 0.5) is 4.39 Å². The standard InChI is InChI=1S/C27H34FN3O4S/c1-5-27(32)31-13-12-29(16-20(31)3)18-26(22-7-6-19(2)25(28)15-22)35-24-9-8-21-10-11-30(36(4,33)34)17-23(21)14-24/h5-9,14-15,20,26H,1,10-13,16-18H2,2-4H3/t20-,26+/m1/s1. The van der Waals surface area contributed by atoms with Crippen molar-refractivity contribution in [1.29, 1.82) is 0 Å². The topological polar surface area (TPSA) is 70.2 Å². The van der Waals surface area contributed by atoms with Crippen LogP contribution >= 0.6 is 0 Å². The van der Waals surface area contributed by atoms with Gasteiger partial charge in [-0.15, -0.1) is 0 Å². The van der Waals surface area contributed by atoms with Crippen molar-refractivity contribution in [2.75, 3.05) is 39.0 Å². The lowest BCUT2D eigenvalue weighted by atomic mass is 10.0. The molecule has 9 heteroatoms. The summed E-state index contributed by atoms with van der Waals surface area (Å²) in [6.45, 7) is 10.6. The molecule has 0 N–H and O–H groups in total. The van der Waals surface area contributed by atoms with E-state index in [0.717, 1.165) is 16.7 Å². The average molecular weight is 516 g/mol. The molecular weight excluding hydrogens is 481 g/mol. The molecule has 0 radical (unpaired) electrons. The van der Waals surface area contributed by atoms with E-state index in [1.54, 1.807) is 13.0 Å². The van der Waals surface area contributed by atoms with Crippen molar-refractivity contribution in [1.82, 2.24) is 14.1 Å². The molecule has 0 saturated carbocycles. The molecule has 2 heterocycles. The third kappa shape index (κ3) is 5.96. The Bertz CT molecular complexity index is 1250. The molecule has 0 aliphatic carbocycles. The van der Waals surface area contributed by atoms with Crippen molar-refractivity contribution in [2.24, 2.45) is 0 Å². The second-order valence-corrected chi connectivity index (χ2v) is 11.7. The van der Waals surface area contributed by atoms with Crippen LogP contribution in [0.1, 0.15) is 35.3 Å². The quantitative estimate of drug-likeness (QED) is 0.530. The molecule has 1 fully saturated rings. The zero-order valence-electron chi connectivity index (χ0n) is 21.1. The zero-order valence-corrected chi connectivity index (χ0v) is 21.9. The van der Waals surface area contributed by atoms with Gasteiger partial charge in [0.25, 0.3) is 0 Å². The number of carbonyl (C=O) groups is 1. The van der Waals surface area contributed by atoms with Gasteiger partial charge in [-0.1, -0.05) is 24.8 Å².